The van der Waals surface area contributed by atoms with Crippen LogP contribution in [-0.2, 0) is 14.6 Å². The minimum absolute atomic E-state index is 0.104. The summed E-state index contributed by atoms with van der Waals surface area (Å²) >= 11 is 0. The molecule has 0 aromatic heterocycles. The van der Waals surface area contributed by atoms with Crippen LogP contribution in [0, 0.1) is 0 Å². The Bertz CT molecular complexity index is 598. The van der Waals surface area contributed by atoms with Gasteiger partial charge in [0.05, 0.1) is 11.8 Å². The first-order valence-electron chi connectivity index (χ1n) is 6.78. The third-order valence-electron chi connectivity index (χ3n) is 3.69. The van der Waals surface area contributed by atoms with Crippen molar-refractivity contribution in [3.63, 3.8) is 0 Å². The Hall–Kier alpha value is -1.56. The predicted molar refractivity (Wildman–Crippen MR) is 78.8 cm³/mol. The number of sulfone groups is 1. The van der Waals surface area contributed by atoms with E-state index in [1.54, 1.807) is 13.0 Å². The highest BCUT2D eigenvalue weighted by Crippen LogP contribution is 2.23. The molecule has 2 rings (SSSR count). The van der Waals surface area contributed by atoms with E-state index in [1.807, 2.05) is 18.2 Å². The maximum Gasteiger partial charge on any atom is 0.238 e. The number of rotatable bonds is 3. The van der Waals surface area contributed by atoms with Crippen LogP contribution >= 0.6 is 0 Å². The number of hydrogen-bond acceptors (Lipinski definition) is 4. The van der Waals surface area contributed by atoms with Crippen LogP contribution in [-0.4, -0.2) is 25.3 Å². The Morgan fingerprint density at radius 3 is 2.70 bits per heavy atom. The second kappa shape index (κ2) is 5.83. The highest BCUT2D eigenvalue weighted by molar-refractivity contribution is 7.92. The molecule has 2 atom stereocenters. The van der Waals surface area contributed by atoms with Gasteiger partial charge >= 0.3 is 0 Å². The highest BCUT2D eigenvalue weighted by Gasteiger charge is 2.35. The molecule has 20 heavy (non-hydrogen) atoms. The fourth-order valence-electron chi connectivity index (χ4n) is 2.54. The van der Waals surface area contributed by atoms with Gasteiger partial charge in [-0.3, -0.25) is 4.79 Å². The van der Waals surface area contributed by atoms with Crippen LogP contribution in [0.5, 0.6) is 0 Å². The fourth-order valence-corrected chi connectivity index (χ4v) is 4.35. The molecular formula is C14H20N2O3S. The summed E-state index contributed by atoms with van der Waals surface area (Å²) in [4.78, 5) is 12.2. The third kappa shape index (κ3) is 3.12. The molecular weight excluding hydrogens is 276 g/mol. The number of nitrogen functional groups attached to an aromatic ring is 1. The second-order valence-electron chi connectivity index (χ2n) is 5.21. The molecule has 6 heteroatoms. The van der Waals surface area contributed by atoms with E-state index in [0.717, 1.165) is 12.0 Å². The van der Waals surface area contributed by atoms with Crippen LogP contribution in [0.4, 0.5) is 5.69 Å². The van der Waals surface area contributed by atoms with Gasteiger partial charge < -0.3 is 11.1 Å². The average Bonchev–Trinajstić information content (AvgIpc) is 2.38. The van der Waals surface area contributed by atoms with E-state index in [0.29, 0.717) is 18.5 Å². The number of nitrogens with one attached hydrogen (secondary N) is 1. The van der Waals surface area contributed by atoms with Crippen LogP contribution in [0.2, 0.25) is 0 Å². The lowest BCUT2D eigenvalue weighted by atomic mass is 10.1. The van der Waals surface area contributed by atoms with Crippen molar-refractivity contribution in [3.05, 3.63) is 29.8 Å². The van der Waals surface area contributed by atoms with Crippen LogP contribution in [0.1, 0.15) is 37.8 Å². The average molecular weight is 296 g/mol. The molecule has 1 saturated heterocycles. The van der Waals surface area contributed by atoms with Gasteiger partial charge in [-0.25, -0.2) is 8.42 Å². The van der Waals surface area contributed by atoms with Crippen LogP contribution in [0.15, 0.2) is 24.3 Å². The van der Waals surface area contributed by atoms with Gasteiger partial charge in [0.2, 0.25) is 5.91 Å². The summed E-state index contributed by atoms with van der Waals surface area (Å²) in [6, 6.07) is 6.94. The summed E-state index contributed by atoms with van der Waals surface area (Å²) < 4.78 is 23.8. The molecule has 1 aliphatic heterocycles. The fraction of sp³-hybridized carbons (Fsp3) is 0.500. The number of para-hydroxylation sites is 1. The minimum atomic E-state index is -3.30. The Labute approximate surface area is 119 Å². The lowest BCUT2D eigenvalue weighted by molar-refractivity contribution is -0.121. The van der Waals surface area contributed by atoms with Crippen LogP contribution < -0.4 is 11.1 Å². The Balaban J connectivity index is 2.10. The van der Waals surface area contributed by atoms with Gasteiger partial charge in [0, 0.05) is 5.69 Å². The SMILES string of the molecule is CC(NC(=O)C1CCCCS1(=O)=O)c1ccccc1N. The highest BCUT2D eigenvalue weighted by atomic mass is 32.2. The Kier molecular flexibility index (Phi) is 4.32. The summed E-state index contributed by atoms with van der Waals surface area (Å²) in [6.45, 7) is 1.80. The van der Waals surface area contributed by atoms with Crippen LogP contribution in [0.25, 0.3) is 0 Å². The van der Waals surface area contributed by atoms with Crippen molar-refractivity contribution in [1.82, 2.24) is 5.32 Å². The van der Waals surface area contributed by atoms with Crippen molar-refractivity contribution in [3.8, 4) is 0 Å². The van der Waals surface area contributed by atoms with E-state index in [1.165, 1.54) is 0 Å². The molecule has 1 amide bonds. The number of hydrogen-bond donors (Lipinski definition) is 2. The van der Waals surface area contributed by atoms with Gasteiger partial charge in [-0.05, 0) is 31.4 Å². The monoisotopic (exact) mass is 296 g/mol. The number of carbonyl (C=O) groups excluding carboxylic acids is 1. The maximum atomic E-state index is 12.2. The van der Waals surface area contributed by atoms with E-state index in [4.69, 9.17) is 5.73 Å². The smallest absolute Gasteiger partial charge is 0.238 e. The standard InChI is InChI=1S/C14H20N2O3S/c1-10(11-6-2-3-7-12(11)15)16-14(17)13-8-4-5-9-20(13,18)19/h2-3,6-7,10,13H,4-5,8-9,15H2,1H3,(H,16,17). The lowest BCUT2D eigenvalue weighted by Gasteiger charge is -2.24. The number of amides is 1. The molecule has 1 heterocycles. The van der Waals surface area contributed by atoms with Crippen molar-refractivity contribution in [2.45, 2.75) is 37.5 Å². The van der Waals surface area contributed by atoms with E-state index >= 15 is 0 Å². The van der Waals surface area contributed by atoms with Gasteiger partial charge in [-0.2, -0.15) is 0 Å². The maximum absolute atomic E-state index is 12.2. The molecule has 0 saturated carbocycles. The van der Waals surface area contributed by atoms with Gasteiger partial charge in [-0.15, -0.1) is 0 Å². The quantitative estimate of drug-likeness (QED) is 0.825. The minimum Gasteiger partial charge on any atom is -0.398 e. The first-order valence-corrected chi connectivity index (χ1v) is 8.49. The van der Waals surface area contributed by atoms with Crippen molar-refractivity contribution in [1.29, 1.82) is 0 Å². The summed E-state index contributed by atoms with van der Waals surface area (Å²) in [5, 5.41) is 1.85. The molecule has 5 nitrogen and oxygen atoms in total. The van der Waals surface area contributed by atoms with Gasteiger partial charge in [0.15, 0.2) is 9.84 Å². The summed E-state index contributed by atoms with van der Waals surface area (Å²) in [7, 11) is -3.30. The Morgan fingerprint density at radius 1 is 1.35 bits per heavy atom. The number of nitrogens with two attached hydrogens (primary N) is 1. The van der Waals surface area contributed by atoms with E-state index in [2.05, 4.69) is 5.32 Å². The molecule has 3 N–H and O–H groups in total. The number of benzene rings is 1. The van der Waals surface area contributed by atoms with E-state index in [-0.39, 0.29) is 11.8 Å². The summed E-state index contributed by atoms with van der Waals surface area (Å²) in [6.07, 6.45) is 1.83. The van der Waals surface area contributed by atoms with Crippen molar-refractivity contribution in [2.24, 2.45) is 0 Å². The number of carbonyl (C=O) groups is 1. The molecule has 110 valence electrons. The van der Waals surface area contributed by atoms with E-state index in [9.17, 15) is 13.2 Å². The van der Waals surface area contributed by atoms with Crippen molar-refractivity contribution < 1.29 is 13.2 Å². The largest absolute Gasteiger partial charge is 0.398 e. The third-order valence-corrected chi connectivity index (χ3v) is 5.87. The molecule has 1 fully saturated rings. The molecule has 0 radical (unpaired) electrons. The van der Waals surface area contributed by atoms with Crippen molar-refractivity contribution >= 4 is 21.4 Å². The first-order chi connectivity index (χ1) is 9.42. The van der Waals surface area contributed by atoms with Crippen molar-refractivity contribution in [2.75, 3.05) is 11.5 Å². The predicted octanol–water partition coefficient (Wildman–Crippen LogP) is 1.41. The number of anilines is 1. The molecule has 0 spiro atoms. The van der Waals surface area contributed by atoms with Gasteiger partial charge in [0.1, 0.15) is 5.25 Å². The topological polar surface area (TPSA) is 89.3 Å². The van der Waals surface area contributed by atoms with Gasteiger partial charge in [-0.1, -0.05) is 24.6 Å². The zero-order valence-electron chi connectivity index (χ0n) is 11.5. The molecule has 1 aromatic rings. The first kappa shape index (κ1) is 14.8. The molecule has 0 bridgehead atoms. The zero-order chi connectivity index (χ0) is 14.8. The second-order valence-corrected chi connectivity index (χ2v) is 7.51. The molecule has 1 aromatic carbocycles. The zero-order valence-corrected chi connectivity index (χ0v) is 12.3. The molecule has 1 aliphatic rings. The normalized spacial score (nSPS) is 22.9. The summed E-state index contributed by atoms with van der Waals surface area (Å²) in [5.41, 5.74) is 7.25. The van der Waals surface area contributed by atoms with Crippen LogP contribution in [0.3, 0.4) is 0 Å². The molecule has 0 aliphatic carbocycles. The lowest BCUT2D eigenvalue weighted by Crippen LogP contribution is -2.43. The van der Waals surface area contributed by atoms with Gasteiger partial charge in [0.25, 0.3) is 0 Å². The molecule has 2 unspecified atom stereocenters. The van der Waals surface area contributed by atoms with E-state index < -0.39 is 21.0 Å². The Morgan fingerprint density at radius 2 is 2.05 bits per heavy atom. The summed E-state index contributed by atoms with van der Waals surface area (Å²) in [5.74, 6) is -0.312.